The summed E-state index contributed by atoms with van der Waals surface area (Å²) in [5, 5.41) is 16.8. The number of hydrogen-bond acceptors (Lipinski definition) is 5. The number of rotatable bonds is 5. The zero-order valence-corrected chi connectivity index (χ0v) is 14.3. The predicted octanol–water partition coefficient (Wildman–Crippen LogP) is 4.43. The molecule has 1 aliphatic carbocycles. The van der Waals surface area contributed by atoms with E-state index in [0.29, 0.717) is 17.7 Å². The lowest BCUT2D eigenvalue weighted by Gasteiger charge is -2.16. The summed E-state index contributed by atoms with van der Waals surface area (Å²) in [4.78, 5) is 20.4. The van der Waals surface area contributed by atoms with Crippen LogP contribution in [0.1, 0.15) is 36.0 Å². The molecule has 0 bridgehead atoms. The molecule has 1 aliphatic rings. The third kappa shape index (κ3) is 3.44. The molecule has 6 heteroatoms. The van der Waals surface area contributed by atoms with Crippen molar-refractivity contribution in [3.8, 4) is 0 Å². The Labute approximate surface area is 151 Å². The average Bonchev–Trinajstić information content (AvgIpc) is 3.15. The van der Waals surface area contributed by atoms with E-state index in [2.05, 4.69) is 20.6 Å². The SMILES string of the molecule is O=C(O)c1cccc(Nc2nc(NC3CCCC3)c3ccccc3n2)c1. The number of carbonyl (C=O) groups is 1. The molecule has 0 atom stereocenters. The van der Waals surface area contributed by atoms with Crippen LogP contribution >= 0.6 is 0 Å². The van der Waals surface area contributed by atoms with Gasteiger partial charge < -0.3 is 15.7 Å². The molecule has 1 fully saturated rings. The van der Waals surface area contributed by atoms with Gasteiger partial charge in [-0.25, -0.2) is 9.78 Å². The molecular weight excluding hydrogens is 328 g/mol. The van der Waals surface area contributed by atoms with E-state index in [9.17, 15) is 4.79 Å². The van der Waals surface area contributed by atoms with Crippen LogP contribution in [0.3, 0.4) is 0 Å². The number of carboxylic acids is 1. The van der Waals surface area contributed by atoms with Gasteiger partial charge in [-0.3, -0.25) is 0 Å². The fourth-order valence-corrected chi connectivity index (χ4v) is 3.37. The number of para-hydroxylation sites is 1. The highest BCUT2D eigenvalue weighted by Crippen LogP contribution is 2.27. The number of carboxylic acid groups (broad SMARTS) is 1. The molecule has 6 nitrogen and oxygen atoms in total. The van der Waals surface area contributed by atoms with Crippen LogP contribution in [0, 0.1) is 0 Å². The van der Waals surface area contributed by atoms with Gasteiger partial charge in [-0.15, -0.1) is 0 Å². The topological polar surface area (TPSA) is 87.1 Å². The highest BCUT2D eigenvalue weighted by Gasteiger charge is 2.17. The van der Waals surface area contributed by atoms with Crippen molar-refractivity contribution in [2.45, 2.75) is 31.7 Å². The van der Waals surface area contributed by atoms with Crippen LogP contribution in [0.25, 0.3) is 10.9 Å². The number of fused-ring (bicyclic) bond motifs is 1. The van der Waals surface area contributed by atoms with Crippen LogP contribution < -0.4 is 10.6 Å². The zero-order chi connectivity index (χ0) is 17.9. The number of nitrogens with zero attached hydrogens (tertiary/aromatic N) is 2. The Morgan fingerprint density at radius 1 is 1.04 bits per heavy atom. The minimum atomic E-state index is -0.961. The Morgan fingerprint density at radius 3 is 2.65 bits per heavy atom. The molecule has 0 aliphatic heterocycles. The van der Waals surface area contributed by atoms with Gasteiger partial charge in [-0.05, 0) is 43.2 Å². The Bertz CT molecular complexity index is 951. The molecule has 26 heavy (non-hydrogen) atoms. The molecule has 1 heterocycles. The van der Waals surface area contributed by atoms with Gasteiger partial charge in [0.15, 0.2) is 0 Å². The van der Waals surface area contributed by atoms with E-state index in [1.54, 1.807) is 24.3 Å². The first kappa shape index (κ1) is 16.3. The van der Waals surface area contributed by atoms with Crippen molar-refractivity contribution in [3.05, 3.63) is 54.1 Å². The molecule has 132 valence electrons. The summed E-state index contributed by atoms with van der Waals surface area (Å²) >= 11 is 0. The fraction of sp³-hybridized carbons (Fsp3) is 0.250. The van der Waals surface area contributed by atoms with Gasteiger partial charge in [-0.2, -0.15) is 4.98 Å². The van der Waals surface area contributed by atoms with Gasteiger partial charge in [0, 0.05) is 17.1 Å². The van der Waals surface area contributed by atoms with Gasteiger partial charge in [0.2, 0.25) is 5.95 Å². The number of anilines is 3. The summed E-state index contributed by atoms with van der Waals surface area (Å²) < 4.78 is 0. The van der Waals surface area contributed by atoms with E-state index in [0.717, 1.165) is 29.6 Å². The Morgan fingerprint density at radius 2 is 1.85 bits per heavy atom. The van der Waals surface area contributed by atoms with Crippen LogP contribution in [0.5, 0.6) is 0 Å². The average molecular weight is 348 g/mol. The minimum Gasteiger partial charge on any atom is -0.478 e. The van der Waals surface area contributed by atoms with Crippen molar-refractivity contribution >= 4 is 34.3 Å². The largest absolute Gasteiger partial charge is 0.478 e. The predicted molar refractivity (Wildman–Crippen MR) is 102 cm³/mol. The summed E-state index contributed by atoms with van der Waals surface area (Å²) in [5.41, 5.74) is 1.71. The standard InChI is InChI=1S/C20H20N4O2/c25-19(26)13-6-5-9-15(12-13)22-20-23-17-11-4-3-10-16(17)18(24-20)21-14-7-1-2-8-14/h3-6,9-12,14H,1-2,7-8H2,(H,25,26)(H2,21,22,23,24). The Hall–Kier alpha value is -3.15. The van der Waals surface area contributed by atoms with Crippen LogP contribution in [0.2, 0.25) is 0 Å². The lowest BCUT2D eigenvalue weighted by Crippen LogP contribution is -2.16. The first-order valence-electron chi connectivity index (χ1n) is 8.83. The molecule has 0 unspecified atom stereocenters. The third-order valence-electron chi connectivity index (χ3n) is 4.66. The van der Waals surface area contributed by atoms with Gasteiger partial charge in [-0.1, -0.05) is 31.0 Å². The van der Waals surface area contributed by atoms with Gasteiger partial charge >= 0.3 is 5.97 Å². The van der Waals surface area contributed by atoms with Crippen LogP contribution in [-0.4, -0.2) is 27.1 Å². The van der Waals surface area contributed by atoms with Crippen molar-refractivity contribution in [3.63, 3.8) is 0 Å². The summed E-state index contributed by atoms with van der Waals surface area (Å²) in [6.45, 7) is 0. The van der Waals surface area contributed by atoms with E-state index >= 15 is 0 Å². The second kappa shape index (κ2) is 7.00. The second-order valence-electron chi connectivity index (χ2n) is 6.55. The maximum Gasteiger partial charge on any atom is 0.335 e. The first-order chi connectivity index (χ1) is 12.7. The lowest BCUT2D eigenvalue weighted by molar-refractivity contribution is 0.0697. The van der Waals surface area contributed by atoms with Crippen LogP contribution in [0.4, 0.5) is 17.5 Å². The van der Waals surface area contributed by atoms with E-state index in [4.69, 9.17) is 5.11 Å². The normalized spacial score (nSPS) is 14.5. The fourth-order valence-electron chi connectivity index (χ4n) is 3.37. The van der Waals surface area contributed by atoms with Crippen molar-refractivity contribution in [1.82, 2.24) is 9.97 Å². The number of nitrogens with one attached hydrogen (secondary N) is 2. The zero-order valence-electron chi connectivity index (χ0n) is 14.3. The highest BCUT2D eigenvalue weighted by molar-refractivity contribution is 5.91. The third-order valence-corrected chi connectivity index (χ3v) is 4.66. The van der Waals surface area contributed by atoms with E-state index in [1.165, 1.54) is 12.8 Å². The quantitative estimate of drug-likeness (QED) is 0.632. The summed E-state index contributed by atoms with van der Waals surface area (Å²) in [7, 11) is 0. The number of hydrogen-bond donors (Lipinski definition) is 3. The summed E-state index contributed by atoms with van der Waals surface area (Å²) in [5.74, 6) is 0.308. The summed E-state index contributed by atoms with van der Waals surface area (Å²) in [6.07, 6.45) is 4.80. The molecule has 4 rings (SSSR count). The molecule has 1 aromatic heterocycles. The number of aromatic carboxylic acids is 1. The molecule has 1 saturated carbocycles. The molecule has 0 spiro atoms. The second-order valence-corrected chi connectivity index (χ2v) is 6.55. The highest BCUT2D eigenvalue weighted by atomic mass is 16.4. The Kier molecular flexibility index (Phi) is 4.39. The molecule has 0 amide bonds. The van der Waals surface area contributed by atoms with Crippen molar-refractivity contribution in [2.75, 3.05) is 10.6 Å². The van der Waals surface area contributed by atoms with E-state index in [-0.39, 0.29) is 5.56 Å². The number of benzene rings is 2. The maximum atomic E-state index is 11.2. The molecule has 3 aromatic rings. The molecule has 0 saturated heterocycles. The van der Waals surface area contributed by atoms with Crippen molar-refractivity contribution in [2.24, 2.45) is 0 Å². The van der Waals surface area contributed by atoms with Crippen LogP contribution in [0.15, 0.2) is 48.5 Å². The monoisotopic (exact) mass is 348 g/mol. The number of aromatic nitrogens is 2. The smallest absolute Gasteiger partial charge is 0.335 e. The molecule has 0 radical (unpaired) electrons. The molecule has 2 aromatic carbocycles. The van der Waals surface area contributed by atoms with Gasteiger partial charge in [0.1, 0.15) is 5.82 Å². The van der Waals surface area contributed by atoms with E-state index in [1.807, 2.05) is 24.3 Å². The van der Waals surface area contributed by atoms with Crippen molar-refractivity contribution < 1.29 is 9.90 Å². The minimum absolute atomic E-state index is 0.222. The first-order valence-corrected chi connectivity index (χ1v) is 8.83. The van der Waals surface area contributed by atoms with Crippen LogP contribution in [-0.2, 0) is 0 Å². The Balaban J connectivity index is 1.68. The van der Waals surface area contributed by atoms with Gasteiger partial charge in [0.05, 0.1) is 11.1 Å². The van der Waals surface area contributed by atoms with Crippen molar-refractivity contribution in [1.29, 1.82) is 0 Å². The molecular formula is C20H20N4O2. The molecule has 3 N–H and O–H groups in total. The summed E-state index contributed by atoms with van der Waals surface area (Å²) in [6, 6.07) is 15.0. The lowest BCUT2D eigenvalue weighted by atomic mass is 10.2. The maximum absolute atomic E-state index is 11.2. The van der Waals surface area contributed by atoms with Gasteiger partial charge in [0.25, 0.3) is 0 Å². The van der Waals surface area contributed by atoms with E-state index < -0.39 is 5.97 Å².